The van der Waals surface area contributed by atoms with Crippen molar-refractivity contribution in [2.45, 2.75) is 11.8 Å². The molecule has 1 heterocycles. The van der Waals surface area contributed by atoms with Gasteiger partial charge >= 0.3 is 5.97 Å². The van der Waals surface area contributed by atoms with E-state index in [1.807, 2.05) is 0 Å². The van der Waals surface area contributed by atoms with Gasteiger partial charge in [0.1, 0.15) is 4.90 Å². The number of H-pyrrole nitrogens is 1. The topological polar surface area (TPSA) is 112 Å². The highest BCUT2D eigenvalue weighted by Crippen LogP contribution is 2.26. The van der Waals surface area contributed by atoms with E-state index in [0.29, 0.717) is 5.69 Å². The largest absolute Gasteiger partial charge is 0.478 e. The van der Waals surface area contributed by atoms with Gasteiger partial charge in [-0.3, -0.25) is 9.82 Å². The normalized spacial score (nSPS) is 11.3. The molecular formula is C11H10ClN3O4S. The maximum absolute atomic E-state index is 12.1. The number of nitrogens with zero attached hydrogens (tertiary/aromatic N) is 1. The van der Waals surface area contributed by atoms with Gasteiger partial charge in [-0.1, -0.05) is 11.6 Å². The molecule has 0 amide bonds. The summed E-state index contributed by atoms with van der Waals surface area (Å²) in [6, 6.07) is 3.74. The van der Waals surface area contributed by atoms with Gasteiger partial charge in [-0.25, -0.2) is 13.2 Å². The molecule has 20 heavy (non-hydrogen) atoms. The van der Waals surface area contributed by atoms with E-state index < -0.39 is 16.0 Å². The van der Waals surface area contributed by atoms with Gasteiger partial charge in [-0.05, 0) is 25.1 Å². The number of nitrogens with one attached hydrogen (secondary N) is 2. The number of hydrogen-bond acceptors (Lipinski definition) is 4. The molecule has 7 nitrogen and oxygen atoms in total. The molecule has 1 aromatic carbocycles. The number of aromatic amines is 1. The van der Waals surface area contributed by atoms with Crippen molar-refractivity contribution in [3.05, 3.63) is 40.7 Å². The molecule has 9 heteroatoms. The minimum Gasteiger partial charge on any atom is -0.478 e. The quantitative estimate of drug-likeness (QED) is 0.797. The summed E-state index contributed by atoms with van der Waals surface area (Å²) in [5.74, 6) is -1.18. The molecular weight excluding hydrogens is 306 g/mol. The highest BCUT2D eigenvalue weighted by atomic mass is 35.5. The van der Waals surface area contributed by atoms with E-state index >= 15 is 0 Å². The van der Waals surface area contributed by atoms with Gasteiger partial charge < -0.3 is 5.11 Å². The molecule has 0 unspecified atom stereocenters. The van der Waals surface area contributed by atoms with Crippen molar-refractivity contribution in [1.29, 1.82) is 0 Å². The van der Waals surface area contributed by atoms with E-state index in [4.69, 9.17) is 16.7 Å². The van der Waals surface area contributed by atoms with Crippen molar-refractivity contribution in [3.8, 4) is 0 Å². The lowest BCUT2D eigenvalue weighted by Gasteiger charge is -2.09. The second-order valence-corrected chi connectivity index (χ2v) is 6.02. The van der Waals surface area contributed by atoms with Crippen LogP contribution in [0.4, 0.5) is 5.69 Å². The van der Waals surface area contributed by atoms with E-state index in [2.05, 4.69) is 14.9 Å². The molecule has 0 saturated heterocycles. The fourth-order valence-corrected chi connectivity index (χ4v) is 2.98. The Labute approximate surface area is 119 Å². The third-order valence-electron chi connectivity index (χ3n) is 2.53. The number of sulfonamides is 1. The SMILES string of the molecule is Cc1[nH]ncc1S(=O)(=O)Nc1cc(C(=O)O)ccc1Cl. The lowest BCUT2D eigenvalue weighted by molar-refractivity contribution is 0.0697. The molecule has 2 aromatic rings. The smallest absolute Gasteiger partial charge is 0.335 e. The number of carbonyl (C=O) groups is 1. The summed E-state index contributed by atoms with van der Waals surface area (Å²) in [5.41, 5.74) is 0.284. The average Bonchev–Trinajstić information content (AvgIpc) is 2.78. The van der Waals surface area contributed by atoms with Gasteiger partial charge in [0.25, 0.3) is 10.0 Å². The molecule has 0 fully saturated rings. The van der Waals surface area contributed by atoms with Gasteiger partial charge in [0.05, 0.1) is 28.2 Å². The fraction of sp³-hybridized carbons (Fsp3) is 0.0909. The average molecular weight is 316 g/mol. The van der Waals surface area contributed by atoms with Crippen LogP contribution in [0.5, 0.6) is 0 Å². The van der Waals surface area contributed by atoms with E-state index in [0.717, 1.165) is 12.3 Å². The zero-order valence-corrected chi connectivity index (χ0v) is 11.8. The highest BCUT2D eigenvalue weighted by molar-refractivity contribution is 7.92. The molecule has 106 valence electrons. The molecule has 0 atom stereocenters. The zero-order valence-electron chi connectivity index (χ0n) is 10.2. The molecule has 0 radical (unpaired) electrons. The molecule has 1 aromatic heterocycles. The van der Waals surface area contributed by atoms with Crippen LogP contribution >= 0.6 is 11.6 Å². The number of rotatable bonds is 4. The Hall–Kier alpha value is -2.06. The van der Waals surface area contributed by atoms with Crippen LogP contribution in [-0.4, -0.2) is 29.7 Å². The summed E-state index contributed by atoms with van der Waals surface area (Å²) in [6.45, 7) is 1.55. The third kappa shape index (κ3) is 2.75. The Morgan fingerprint density at radius 1 is 1.45 bits per heavy atom. The maximum Gasteiger partial charge on any atom is 0.335 e. The lowest BCUT2D eigenvalue weighted by Crippen LogP contribution is -2.14. The van der Waals surface area contributed by atoms with Gasteiger partial charge in [0.15, 0.2) is 0 Å². The number of carboxylic acid groups (broad SMARTS) is 1. The summed E-state index contributed by atoms with van der Waals surface area (Å²) in [6.07, 6.45) is 1.16. The summed E-state index contributed by atoms with van der Waals surface area (Å²) < 4.78 is 26.5. The van der Waals surface area contributed by atoms with Crippen LogP contribution < -0.4 is 4.72 Å². The van der Waals surface area contributed by atoms with Crippen LogP contribution in [-0.2, 0) is 10.0 Å². The summed E-state index contributed by atoms with van der Waals surface area (Å²) in [4.78, 5) is 10.8. The first-order valence-corrected chi connectivity index (χ1v) is 7.23. The number of halogens is 1. The number of anilines is 1. The van der Waals surface area contributed by atoms with Crippen molar-refractivity contribution >= 4 is 33.3 Å². The van der Waals surface area contributed by atoms with Gasteiger partial charge in [0, 0.05) is 0 Å². The Morgan fingerprint density at radius 3 is 2.70 bits per heavy atom. The standard InChI is InChI=1S/C11H10ClN3O4S/c1-6-10(5-13-14-6)20(18,19)15-9-4-7(11(16)17)2-3-8(9)12/h2-5,15H,1H3,(H,13,14)(H,16,17). The second kappa shape index (κ2) is 5.14. The first kappa shape index (κ1) is 14.4. The minimum atomic E-state index is -3.89. The number of aromatic nitrogens is 2. The molecule has 3 N–H and O–H groups in total. The Balaban J connectivity index is 2.42. The van der Waals surface area contributed by atoms with Gasteiger partial charge in [-0.2, -0.15) is 5.10 Å². The number of aromatic carboxylic acids is 1. The Bertz CT molecular complexity index is 770. The molecule has 0 spiro atoms. The number of aryl methyl sites for hydroxylation is 1. The van der Waals surface area contributed by atoms with Crippen molar-refractivity contribution in [2.75, 3.05) is 4.72 Å². The summed E-state index contributed by atoms with van der Waals surface area (Å²) in [5, 5.41) is 15.1. The Morgan fingerprint density at radius 2 is 2.15 bits per heavy atom. The van der Waals surface area contributed by atoms with Crippen LogP contribution in [0.25, 0.3) is 0 Å². The molecule has 0 aliphatic heterocycles. The first-order chi connectivity index (χ1) is 9.31. The predicted octanol–water partition coefficient (Wildman–Crippen LogP) is 1.87. The predicted molar refractivity (Wildman–Crippen MR) is 72.5 cm³/mol. The van der Waals surface area contributed by atoms with Crippen LogP contribution in [0.2, 0.25) is 5.02 Å². The first-order valence-electron chi connectivity index (χ1n) is 5.37. The van der Waals surface area contributed by atoms with Crippen LogP contribution in [0, 0.1) is 6.92 Å². The van der Waals surface area contributed by atoms with Gasteiger partial charge in [-0.15, -0.1) is 0 Å². The van der Waals surface area contributed by atoms with E-state index in [-0.39, 0.29) is 21.2 Å². The third-order valence-corrected chi connectivity index (χ3v) is 4.34. The second-order valence-electron chi connectivity index (χ2n) is 3.96. The van der Waals surface area contributed by atoms with Crippen LogP contribution in [0.3, 0.4) is 0 Å². The lowest BCUT2D eigenvalue weighted by atomic mass is 10.2. The van der Waals surface area contributed by atoms with Crippen LogP contribution in [0.15, 0.2) is 29.3 Å². The minimum absolute atomic E-state index is 0.00725. The molecule has 2 rings (SSSR count). The Kier molecular flexibility index (Phi) is 3.69. The highest BCUT2D eigenvalue weighted by Gasteiger charge is 2.20. The molecule has 0 saturated carbocycles. The van der Waals surface area contributed by atoms with E-state index in [1.54, 1.807) is 6.92 Å². The van der Waals surface area contributed by atoms with Crippen molar-refractivity contribution < 1.29 is 18.3 Å². The number of benzene rings is 1. The maximum atomic E-state index is 12.1. The number of carboxylic acids is 1. The van der Waals surface area contributed by atoms with E-state index in [9.17, 15) is 13.2 Å². The molecule has 0 bridgehead atoms. The number of hydrogen-bond donors (Lipinski definition) is 3. The zero-order chi connectivity index (χ0) is 14.9. The summed E-state index contributed by atoms with van der Waals surface area (Å²) >= 11 is 5.86. The van der Waals surface area contributed by atoms with E-state index in [1.165, 1.54) is 12.1 Å². The summed E-state index contributed by atoms with van der Waals surface area (Å²) in [7, 11) is -3.89. The fourth-order valence-electron chi connectivity index (χ4n) is 1.55. The van der Waals surface area contributed by atoms with Crippen molar-refractivity contribution in [1.82, 2.24) is 10.2 Å². The van der Waals surface area contributed by atoms with Gasteiger partial charge in [0.2, 0.25) is 0 Å². The monoisotopic (exact) mass is 315 g/mol. The molecule has 0 aliphatic carbocycles. The van der Waals surface area contributed by atoms with Crippen LogP contribution in [0.1, 0.15) is 16.1 Å². The molecule has 0 aliphatic rings. The van der Waals surface area contributed by atoms with Crippen molar-refractivity contribution in [2.24, 2.45) is 0 Å². The van der Waals surface area contributed by atoms with Crippen molar-refractivity contribution in [3.63, 3.8) is 0 Å².